The second-order valence-electron chi connectivity index (χ2n) is 25.8. The van der Waals surface area contributed by atoms with Gasteiger partial charge in [-0.25, -0.2) is 4.98 Å². The summed E-state index contributed by atoms with van der Waals surface area (Å²) in [5.74, 6) is 2.32. The molecule has 10 aromatic carbocycles. The summed E-state index contributed by atoms with van der Waals surface area (Å²) in [6, 6.07) is 89.6. The summed E-state index contributed by atoms with van der Waals surface area (Å²) in [5, 5.41) is 7.61. The van der Waals surface area contributed by atoms with Crippen LogP contribution < -0.4 is 30.1 Å². The smallest absolute Gasteiger partial charge is 0.269 e. The summed E-state index contributed by atoms with van der Waals surface area (Å²) in [4.78, 5) is 5.12. The quantitative estimate of drug-likeness (QED) is 0.0658. The largest absolute Gasteiger partial charge is 0.458 e. The number of rotatable bonds is 8. The first-order chi connectivity index (χ1) is 40.6. The molecular weight excluding hydrogens is 1040 g/mol. The monoisotopic (exact) mass is 1100 g/mol. The first kappa shape index (κ1) is 52.7. The summed E-state index contributed by atoms with van der Waals surface area (Å²) in [6.45, 7) is 20.8. The van der Waals surface area contributed by atoms with Gasteiger partial charge in [-0.2, -0.15) is 0 Å². The van der Waals surface area contributed by atoms with E-state index in [2.05, 4.69) is 325 Å². The standard InChI is InChI=1S/C78H68N4OSi/c1-76(2,3)52-43-44-79-73(47-52)82-70-42-40-60(84(57-27-13-10-14-28-57,58-29-15-11-16-30-58)59-31-17-12-18-32-59)50-67(70)65-41-39-56(49-72(65)82)83-55-26-23-25-54(48-55)80-51-81-74-68(45-53(77(4,5)6)46-69(74)78(7,8)9)64-36-22-20-34-62(64)61-33-19-21-35-63(61)66-37-24-38-71(80)75(66)81/h10-50H,1-9H3. The maximum absolute atomic E-state index is 7.09. The summed E-state index contributed by atoms with van der Waals surface area (Å²) in [5.41, 5.74) is 16.9. The van der Waals surface area contributed by atoms with Gasteiger partial charge in [0.05, 0.1) is 33.4 Å². The van der Waals surface area contributed by atoms with E-state index in [1.54, 1.807) is 0 Å². The van der Waals surface area contributed by atoms with Gasteiger partial charge in [0.1, 0.15) is 17.3 Å². The van der Waals surface area contributed by atoms with Crippen LogP contribution in [0.3, 0.4) is 0 Å². The van der Waals surface area contributed by atoms with Gasteiger partial charge in [0.25, 0.3) is 6.33 Å². The van der Waals surface area contributed by atoms with Crippen LogP contribution in [0.1, 0.15) is 79.0 Å². The van der Waals surface area contributed by atoms with Crippen molar-refractivity contribution in [2.24, 2.45) is 0 Å². The predicted octanol–water partition coefficient (Wildman–Crippen LogP) is 16.6. The van der Waals surface area contributed by atoms with E-state index in [9.17, 15) is 0 Å². The van der Waals surface area contributed by atoms with Crippen molar-refractivity contribution in [2.45, 2.75) is 78.6 Å². The molecule has 410 valence electrons. The Balaban J connectivity index is 0.951. The van der Waals surface area contributed by atoms with Crippen molar-refractivity contribution in [2.75, 3.05) is 0 Å². The number of aromatic nitrogens is 4. The molecule has 0 atom stereocenters. The molecular formula is C78H68N4OSi. The van der Waals surface area contributed by atoms with E-state index in [0.29, 0.717) is 0 Å². The van der Waals surface area contributed by atoms with Gasteiger partial charge < -0.3 is 4.74 Å². The third-order valence-corrected chi connectivity index (χ3v) is 22.1. The summed E-state index contributed by atoms with van der Waals surface area (Å²) >= 11 is 0. The van der Waals surface area contributed by atoms with Crippen LogP contribution in [-0.2, 0) is 16.2 Å². The van der Waals surface area contributed by atoms with Crippen molar-refractivity contribution < 1.29 is 9.30 Å². The van der Waals surface area contributed by atoms with Gasteiger partial charge in [-0.1, -0.05) is 250 Å². The zero-order chi connectivity index (χ0) is 57.7. The fourth-order valence-corrected chi connectivity index (χ4v) is 17.9. The molecule has 0 fully saturated rings. The lowest BCUT2D eigenvalue weighted by atomic mass is 9.77. The van der Waals surface area contributed by atoms with Crippen LogP contribution in [-0.4, -0.2) is 22.2 Å². The van der Waals surface area contributed by atoms with Gasteiger partial charge in [-0.15, -0.1) is 0 Å². The Kier molecular flexibility index (Phi) is 12.5. The molecule has 4 heterocycles. The number of imidazole rings is 1. The van der Waals surface area contributed by atoms with Crippen LogP contribution in [0, 0.1) is 6.33 Å². The normalized spacial score (nSPS) is 12.6. The molecule has 1 aliphatic rings. The topological polar surface area (TPSA) is 35.9 Å². The summed E-state index contributed by atoms with van der Waals surface area (Å²) in [6.07, 6.45) is 5.97. The van der Waals surface area contributed by atoms with Gasteiger partial charge in [0, 0.05) is 23.0 Å². The molecule has 84 heavy (non-hydrogen) atoms. The fraction of sp³-hybridized carbons (Fsp3) is 0.154. The van der Waals surface area contributed by atoms with Gasteiger partial charge in [-0.3, -0.25) is 13.7 Å². The van der Waals surface area contributed by atoms with Crippen molar-refractivity contribution in [1.82, 2.24) is 14.1 Å². The second kappa shape index (κ2) is 19.9. The number of para-hydroxylation sites is 1. The van der Waals surface area contributed by atoms with E-state index in [4.69, 9.17) is 9.72 Å². The van der Waals surface area contributed by atoms with Crippen molar-refractivity contribution in [1.29, 1.82) is 0 Å². The fourth-order valence-electron chi connectivity index (χ4n) is 13.2. The van der Waals surface area contributed by atoms with Gasteiger partial charge in [-0.05, 0) is 136 Å². The molecule has 14 rings (SSSR count). The number of fused-ring (bicyclic) bond motifs is 10. The minimum Gasteiger partial charge on any atom is -0.458 e. The highest BCUT2D eigenvalue weighted by molar-refractivity contribution is 7.20. The van der Waals surface area contributed by atoms with Crippen LogP contribution in [0.15, 0.2) is 249 Å². The first-order valence-corrected chi connectivity index (χ1v) is 31.4. The number of hydrogen-bond donors (Lipinski definition) is 0. The van der Waals surface area contributed by atoms with Crippen LogP contribution in [0.2, 0.25) is 0 Å². The van der Waals surface area contributed by atoms with Crippen LogP contribution >= 0.6 is 0 Å². The van der Waals surface area contributed by atoms with Gasteiger partial charge >= 0.3 is 0 Å². The Hall–Kier alpha value is -9.36. The number of ether oxygens (including phenoxy) is 1. The van der Waals surface area contributed by atoms with E-state index < -0.39 is 8.07 Å². The second-order valence-corrected chi connectivity index (χ2v) is 29.6. The zero-order valence-corrected chi connectivity index (χ0v) is 50.4. The number of nitrogens with zero attached hydrogens (tertiary/aromatic N) is 4. The average Bonchev–Trinajstić information content (AvgIpc) is 1.78. The molecule has 0 unspecified atom stereocenters. The molecule has 0 bridgehead atoms. The highest BCUT2D eigenvalue weighted by Gasteiger charge is 2.42. The first-order valence-electron chi connectivity index (χ1n) is 29.4. The van der Waals surface area contributed by atoms with E-state index in [-0.39, 0.29) is 16.2 Å². The van der Waals surface area contributed by atoms with Crippen LogP contribution in [0.4, 0.5) is 0 Å². The molecule has 0 saturated carbocycles. The molecule has 1 aliphatic heterocycles. The van der Waals surface area contributed by atoms with Crippen molar-refractivity contribution in [3.8, 4) is 62.1 Å². The van der Waals surface area contributed by atoms with Crippen LogP contribution in [0.5, 0.6) is 11.5 Å². The van der Waals surface area contributed by atoms with E-state index >= 15 is 0 Å². The molecule has 3 aromatic heterocycles. The predicted molar refractivity (Wildman–Crippen MR) is 352 cm³/mol. The Morgan fingerprint density at radius 2 is 0.964 bits per heavy atom. The van der Waals surface area contributed by atoms with Crippen LogP contribution in [0.25, 0.3) is 83.4 Å². The number of benzene rings is 10. The van der Waals surface area contributed by atoms with E-state index in [1.165, 1.54) is 65.3 Å². The Morgan fingerprint density at radius 3 is 1.57 bits per heavy atom. The lowest BCUT2D eigenvalue weighted by Gasteiger charge is -2.34. The third kappa shape index (κ3) is 8.73. The third-order valence-electron chi connectivity index (χ3n) is 17.4. The Bertz CT molecular complexity index is 4590. The minimum absolute atomic E-state index is 0.0854. The van der Waals surface area contributed by atoms with E-state index in [1.807, 2.05) is 6.20 Å². The van der Waals surface area contributed by atoms with Crippen molar-refractivity contribution in [3.05, 3.63) is 272 Å². The Morgan fingerprint density at radius 1 is 0.405 bits per heavy atom. The highest BCUT2D eigenvalue weighted by Crippen LogP contribution is 2.47. The highest BCUT2D eigenvalue weighted by atomic mass is 28.3. The molecule has 0 radical (unpaired) electrons. The molecule has 0 aliphatic carbocycles. The maximum Gasteiger partial charge on any atom is 0.269 e. The van der Waals surface area contributed by atoms with E-state index in [0.717, 1.165) is 67.1 Å². The maximum atomic E-state index is 7.09. The zero-order valence-electron chi connectivity index (χ0n) is 49.4. The Labute approximate surface area is 494 Å². The SMILES string of the molecule is CC(C)(C)c1ccnc(-n2c3ccc([Si](c4ccccc4)(c4ccccc4)c4ccccc4)cc3c3ccc(Oc4cccc(-n5[c-][n+]6c7c(cccc75)-c5ccccc5-c5ccccc5-c5cc(C(C)(C)C)cc(C(C)(C)C)c5-6)c4)cc32)c1. The molecule has 0 spiro atoms. The molecule has 0 amide bonds. The van der Waals surface area contributed by atoms with Crippen molar-refractivity contribution in [3.63, 3.8) is 0 Å². The molecule has 5 nitrogen and oxygen atoms in total. The molecule has 13 aromatic rings. The van der Waals surface area contributed by atoms with Gasteiger partial charge in [0.15, 0.2) is 8.07 Å². The average molecular weight is 1110 g/mol. The number of pyridine rings is 1. The molecule has 0 saturated heterocycles. The van der Waals surface area contributed by atoms with Crippen molar-refractivity contribution >= 4 is 61.7 Å². The lowest BCUT2D eigenvalue weighted by Crippen LogP contribution is -2.74. The molecule has 0 N–H and O–H groups in total. The summed E-state index contributed by atoms with van der Waals surface area (Å²) in [7, 11) is -2.85. The van der Waals surface area contributed by atoms with Gasteiger partial charge in [0.2, 0.25) is 0 Å². The molecule has 6 heteroatoms. The summed E-state index contributed by atoms with van der Waals surface area (Å²) < 4.78 is 14.0. The minimum atomic E-state index is -2.85. The number of hydrogen-bond acceptors (Lipinski definition) is 2. The lowest BCUT2D eigenvalue weighted by molar-refractivity contribution is -0.572.